The Morgan fingerprint density at radius 3 is 2.34 bits per heavy atom. The maximum Gasteiger partial charge on any atom is 0.184 e. The first-order chi connectivity index (χ1) is 16.8. The Bertz CT molecular complexity index is 1020. The molecule has 1 aromatic carbocycles. The molecule has 5 aliphatic rings. The van der Waals surface area contributed by atoms with Crippen LogP contribution in [0.2, 0.25) is 0 Å². The molecule has 0 aromatic heterocycles. The molecule has 0 amide bonds. The number of fused-ring (bicyclic) bond motifs is 4. The van der Waals surface area contributed by atoms with Crippen LogP contribution in [0, 0.1) is 17.3 Å². The summed E-state index contributed by atoms with van der Waals surface area (Å²) in [5.41, 5.74) is 3.72. The molecule has 1 aliphatic heterocycles. The molecule has 6 rings (SSSR count). The molecule has 2 saturated carbocycles. The summed E-state index contributed by atoms with van der Waals surface area (Å²) < 4.78 is 22.9. The second-order valence-electron chi connectivity index (χ2n) is 11.5. The summed E-state index contributed by atoms with van der Waals surface area (Å²) in [6.07, 6.45) is 7.91. The minimum absolute atomic E-state index is 0.148. The highest BCUT2D eigenvalue weighted by molar-refractivity contribution is 5.45. The van der Waals surface area contributed by atoms with Crippen LogP contribution in [0.4, 0.5) is 0 Å². The zero-order chi connectivity index (χ0) is 24.4. The predicted molar refractivity (Wildman–Crippen MR) is 130 cm³/mol. The van der Waals surface area contributed by atoms with Gasteiger partial charge in [-0.3, -0.25) is 0 Å². The molecule has 1 heterocycles. The highest BCUT2D eigenvalue weighted by atomic mass is 16.7. The van der Waals surface area contributed by atoms with Gasteiger partial charge in [0, 0.05) is 44.0 Å². The number of benzene rings is 1. The number of methoxy groups -OCH3 is 2. The van der Waals surface area contributed by atoms with E-state index in [1.165, 1.54) is 16.7 Å². The average molecular weight is 483 g/mol. The minimum Gasteiger partial charge on any atom is -0.388 e. The number of ether oxygens (including phenoxy) is 4. The van der Waals surface area contributed by atoms with Crippen molar-refractivity contribution in [3.63, 3.8) is 0 Å². The second-order valence-corrected chi connectivity index (χ2v) is 11.5. The summed E-state index contributed by atoms with van der Waals surface area (Å²) in [6.45, 7) is 3.50. The van der Waals surface area contributed by atoms with Gasteiger partial charge in [-0.15, -0.1) is 0 Å². The van der Waals surface area contributed by atoms with Crippen molar-refractivity contribution in [3.8, 4) is 0 Å². The van der Waals surface area contributed by atoms with Gasteiger partial charge < -0.3 is 29.2 Å². The fourth-order valence-corrected chi connectivity index (χ4v) is 7.88. The van der Waals surface area contributed by atoms with Crippen molar-refractivity contribution >= 4 is 0 Å². The molecule has 6 atom stereocenters. The third-order valence-corrected chi connectivity index (χ3v) is 9.86. The summed E-state index contributed by atoms with van der Waals surface area (Å²) in [6, 6.07) is 8.61. The van der Waals surface area contributed by atoms with Crippen LogP contribution in [-0.4, -0.2) is 55.1 Å². The van der Waals surface area contributed by atoms with Crippen molar-refractivity contribution in [3.05, 3.63) is 58.7 Å². The first kappa shape index (κ1) is 23.8. The van der Waals surface area contributed by atoms with Gasteiger partial charge in [-0.2, -0.15) is 0 Å². The first-order valence-corrected chi connectivity index (χ1v) is 13.1. The van der Waals surface area contributed by atoms with Crippen LogP contribution in [0.1, 0.15) is 68.8 Å². The van der Waals surface area contributed by atoms with Crippen LogP contribution >= 0.6 is 0 Å². The van der Waals surface area contributed by atoms with Gasteiger partial charge in [0.05, 0.1) is 24.9 Å². The topological polar surface area (TPSA) is 77.4 Å². The van der Waals surface area contributed by atoms with E-state index >= 15 is 0 Å². The van der Waals surface area contributed by atoms with Gasteiger partial charge in [0.1, 0.15) is 0 Å². The molecule has 0 spiro atoms. The van der Waals surface area contributed by atoms with E-state index in [0.717, 1.165) is 31.2 Å². The molecule has 35 heavy (non-hydrogen) atoms. The Morgan fingerprint density at radius 1 is 0.971 bits per heavy atom. The van der Waals surface area contributed by atoms with Gasteiger partial charge in [-0.1, -0.05) is 48.9 Å². The van der Waals surface area contributed by atoms with Gasteiger partial charge in [0.15, 0.2) is 12.1 Å². The Labute approximate surface area is 207 Å². The van der Waals surface area contributed by atoms with E-state index in [4.69, 9.17) is 18.9 Å². The van der Waals surface area contributed by atoms with Crippen molar-refractivity contribution in [2.75, 3.05) is 27.4 Å². The van der Waals surface area contributed by atoms with Crippen LogP contribution in [-0.2, 0) is 18.9 Å². The SMILES string of the molecule is COC1(OC)CCC2=C3C(CC[C@@]2(O)C1)C1C=C[C@H](O)[C@@]1(C)C[C@@H]3c1ccc(C2OCCO2)cc1. The third kappa shape index (κ3) is 3.60. The monoisotopic (exact) mass is 482 g/mol. The number of hydrogen-bond donors (Lipinski definition) is 2. The van der Waals surface area contributed by atoms with Crippen molar-refractivity contribution in [2.24, 2.45) is 17.3 Å². The number of rotatable bonds is 4. The van der Waals surface area contributed by atoms with Crippen LogP contribution < -0.4 is 0 Å². The number of aliphatic hydroxyl groups is 2. The smallest absolute Gasteiger partial charge is 0.184 e. The van der Waals surface area contributed by atoms with Crippen LogP contribution in [0.25, 0.3) is 0 Å². The molecule has 1 aromatic rings. The molecular formula is C29H38O6. The summed E-state index contributed by atoms with van der Waals surface area (Å²) in [5.74, 6) is 0.0178. The standard InChI is InChI=1S/C29H38O6/c1-27-16-21(18-4-6-19(7-5-18)26-34-14-15-35-26)25-20(22(27)8-9-24(27)30)10-12-28(31)17-29(32-2,33-3)13-11-23(25)28/h4-9,20-22,24,26,30-31H,10-17H2,1-3H3/t20?,21-,22?,24+,27+,28-/m1/s1. The van der Waals surface area contributed by atoms with E-state index in [0.29, 0.717) is 32.0 Å². The zero-order valence-corrected chi connectivity index (χ0v) is 21.0. The fourth-order valence-electron chi connectivity index (χ4n) is 7.88. The maximum atomic E-state index is 12.0. The lowest BCUT2D eigenvalue weighted by molar-refractivity contribution is -0.246. The van der Waals surface area contributed by atoms with E-state index < -0.39 is 17.5 Å². The highest BCUT2D eigenvalue weighted by Gasteiger charge is 2.58. The number of hydrogen-bond acceptors (Lipinski definition) is 6. The quantitative estimate of drug-likeness (QED) is 0.490. The summed E-state index contributed by atoms with van der Waals surface area (Å²) in [7, 11) is 3.35. The van der Waals surface area contributed by atoms with Gasteiger partial charge in [0.25, 0.3) is 0 Å². The number of aliphatic hydroxyl groups excluding tert-OH is 1. The first-order valence-electron chi connectivity index (χ1n) is 13.1. The summed E-state index contributed by atoms with van der Waals surface area (Å²) >= 11 is 0. The molecule has 4 aliphatic carbocycles. The lowest BCUT2D eigenvalue weighted by Gasteiger charge is -2.56. The largest absolute Gasteiger partial charge is 0.388 e. The van der Waals surface area contributed by atoms with Crippen LogP contribution in [0.15, 0.2) is 47.6 Å². The van der Waals surface area contributed by atoms with E-state index in [1.54, 1.807) is 14.2 Å². The second kappa shape index (κ2) is 8.51. The minimum atomic E-state index is -0.922. The van der Waals surface area contributed by atoms with E-state index in [-0.39, 0.29) is 23.5 Å². The third-order valence-electron chi connectivity index (χ3n) is 9.86. The predicted octanol–water partition coefficient (Wildman–Crippen LogP) is 4.38. The van der Waals surface area contributed by atoms with Gasteiger partial charge in [-0.25, -0.2) is 0 Å². The molecule has 3 fully saturated rings. The van der Waals surface area contributed by atoms with E-state index in [9.17, 15) is 10.2 Å². The lowest BCUT2D eigenvalue weighted by Crippen LogP contribution is -2.54. The fraction of sp³-hybridized carbons (Fsp3) is 0.655. The van der Waals surface area contributed by atoms with Gasteiger partial charge in [0.2, 0.25) is 0 Å². The van der Waals surface area contributed by atoms with E-state index in [1.807, 2.05) is 6.08 Å². The molecule has 1 saturated heterocycles. The molecule has 6 heteroatoms. The average Bonchev–Trinajstić information content (AvgIpc) is 3.51. The normalized spacial score (nSPS) is 40.5. The highest BCUT2D eigenvalue weighted by Crippen LogP contribution is 2.63. The zero-order valence-electron chi connectivity index (χ0n) is 21.0. The maximum absolute atomic E-state index is 12.0. The molecule has 190 valence electrons. The summed E-state index contributed by atoms with van der Waals surface area (Å²) in [5, 5.41) is 23.0. The van der Waals surface area contributed by atoms with Crippen LogP contribution in [0.3, 0.4) is 0 Å². The lowest BCUT2D eigenvalue weighted by atomic mass is 9.51. The van der Waals surface area contributed by atoms with E-state index in [2.05, 4.69) is 37.3 Å². The van der Waals surface area contributed by atoms with Crippen molar-refractivity contribution in [2.45, 2.75) is 75.1 Å². The Hall–Kier alpha value is -1.54. The molecule has 2 unspecified atom stereocenters. The van der Waals surface area contributed by atoms with Gasteiger partial charge >= 0.3 is 0 Å². The molecule has 0 bridgehead atoms. The van der Waals surface area contributed by atoms with Crippen LogP contribution in [0.5, 0.6) is 0 Å². The van der Waals surface area contributed by atoms with Crippen molar-refractivity contribution in [1.29, 1.82) is 0 Å². The van der Waals surface area contributed by atoms with Gasteiger partial charge in [-0.05, 0) is 48.7 Å². The molecule has 6 nitrogen and oxygen atoms in total. The molecule has 2 N–H and O–H groups in total. The Kier molecular flexibility index (Phi) is 5.79. The number of allylic oxidation sites excluding steroid dienone is 2. The summed E-state index contributed by atoms with van der Waals surface area (Å²) in [4.78, 5) is 0. The molecular weight excluding hydrogens is 444 g/mol. The molecule has 0 radical (unpaired) electrons. The van der Waals surface area contributed by atoms with Crippen molar-refractivity contribution < 1.29 is 29.2 Å². The van der Waals surface area contributed by atoms with Crippen molar-refractivity contribution in [1.82, 2.24) is 0 Å². The Morgan fingerprint density at radius 2 is 1.66 bits per heavy atom. The Balaban J connectivity index is 1.43.